The lowest BCUT2D eigenvalue weighted by molar-refractivity contribution is 0.765. The molecule has 0 aliphatic rings. The molecule has 0 saturated heterocycles. The second kappa shape index (κ2) is 6.35. The predicted octanol–water partition coefficient (Wildman–Crippen LogP) is 1.84. The Hall–Kier alpha value is -2.42. The van der Waals surface area contributed by atoms with Gasteiger partial charge in [-0.25, -0.2) is 0 Å². The smallest absolute Gasteiger partial charge is 0.169 e. The average molecular weight is 284 g/mol. The van der Waals surface area contributed by atoms with Crippen molar-refractivity contribution in [1.29, 1.82) is 5.26 Å². The molecule has 110 valence electrons. The van der Waals surface area contributed by atoms with E-state index < -0.39 is 0 Å². The van der Waals surface area contributed by atoms with Gasteiger partial charge in [0.15, 0.2) is 5.82 Å². The van der Waals surface area contributed by atoms with Crippen molar-refractivity contribution in [2.45, 2.75) is 33.2 Å². The molecule has 21 heavy (non-hydrogen) atoms. The van der Waals surface area contributed by atoms with Gasteiger partial charge in [-0.05, 0) is 18.4 Å². The molecule has 0 atom stereocenters. The van der Waals surface area contributed by atoms with Gasteiger partial charge in [-0.15, -0.1) is 5.10 Å². The molecule has 2 aromatic heterocycles. The van der Waals surface area contributed by atoms with Crippen LogP contribution in [0.5, 0.6) is 0 Å². The Kier molecular flexibility index (Phi) is 4.53. The Morgan fingerprint density at radius 3 is 2.57 bits per heavy atom. The lowest BCUT2D eigenvalue weighted by atomic mass is 10.0. The number of aryl methyl sites for hydroxylation is 2. The molecule has 6 nitrogen and oxygen atoms in total. The Morgan fingerprint density at radius 1 is 1.29 bits per heavy atom. The van der Waals surface area contributed by atoms with E-state index in [1.807, 2.05) is 45.2 Å². The minimum absolute atomic E-state index is 0.635. The van der Waals surface area contributed by atoms with Crippen molar-refractivity contribution in [1.82, 2.24) is 20.0 Å². The number of anilines is 1. The summed E-state index contributed by atoms with van der Waals surface area (Å²) in [6.45, 7) is 4.72. The van der Waals surface area contributed by atoms with Crippen LogP contribution < -0.4 is 4.90 Å². The first-order chi connectivity index (χ1) is 10.1. The van der Waals surface area contributed by atoms with E-state index >= 15 is 0 Å². The van der Waals surface area contributed by atoms with E-state index in [2.05, 4.69) is 21.4 Å². The first-order valence-electron chi connectivity index (χ1n) is 7.07. The highest BCUT2D eigenvalue weighted by molar-refractivity contribution is 5.57. The summed E-state index contributed by atoms with van der Waals surface area (Å²) in [7, 11) is 3.80. The van der Waals surface area contributed by atoms with Crippen LogP contribution in [-0.4, -0.2) is 27.0 Å². The van der Waals surface area contributed by atoms with Crippen LogP contribution in [0, 0.1) is 11.3 Å². The van der Waals surface area contributed by atoms with Gasteiger partial charge < -0.3 is 4.90 Å². The van der Waals surface area contributed by atoms with Crippen molar-refractivity contribution in [3.05, 3.63) is 34.8 Å². The number of hydrogen-bond acceptors (Lipinski definition) is 5. The maximum atomic E-state index is 9.51. The van der Waals surface area contributed by atoms with Gasteiger partial charge in [0.05, 0.1) is 11.9 Å². The fourth-order valence-electron chi connectivity index (χ4n) is 2.45. The first kappa shape index (κ1) is 15.0. The summed E-state index contributed by atoms with van der Waals surface area (Å²) < 4.78 is 1.76. The van der Waals surface area contributed by atoms with Crippen LogP contribution in [0.3, 0.4) is 0 Å². The van der Waals surface area contributed by atoms with Gasteiger partial charge in [0.2, 0.25) is 0 Å². The van der Waals surface area contributed by atoms with E-state index in [4.69, 9.17) is 0 Å². The maximum absolute atomic E-state index is 9.51. The molecule has 0 amide bonds. The monoisotopic (exact) mass is 284 g/mol. The van der Waals surface area contributed by atoms with Crippen molar-refractivity contribution < 1.29 is 0 Å². The number of rotatable bonds is 5. The highest BCUT2D eigenvalue weighted by Gasteiger charge is 2.17. The number of nitriles is 1. The largest absolute Gasteiger partial charge is 0.353 e. The average Bonchev–Trinajstić information content (AvgIpc) is 2.90. The Labute approximate surface area is 125 Å². The topological polar surface area (TPSA) is 70.6 Å². The highest BCUT2D eigenvalue weighted by Crippen LogP contribution is 2.23. The van der Waals surface area contributed by atoms with Gasteiger partial charge in [0, 0.05) is 32.4 Å². The summed E-state index contributed by atoms with van der Waals surface area (Å²) in [6.07, 6.45) is 5.35. The summed E-state index contributed by atoms with van der Waals surface area (Å²) in [5.74, 6) is 0.635. The van der Waals surface area contributed by atoms with Crippen LogP contribution in [0.15, 0.2) is 12.4 Å². The number of aromatic nitrogens is 4. The van der Waals surface area contributed by atoms with Crippen LogP contribution in [0.1, 0.15) is 36.2 Å². The fourth-order valence-corrected chi connectivity index (χ4v) is 2.45. The lowest BCUT2D eigenvalue weighted by Gasteiger charge is -2.20. The van der Waals surface area contributed by atoms with Crippen molar-refractivity contribution in [3.63, 3.8) is 0 Å². The van der Waals surface area contributed by atoms with Gasteiger partial charge in [0.25, 0.3) is 0 Å². The normalized spacial score (nSPS) is 10.4. The SMILES string of the molecule is CCc1nnc(N(C)Cc2cnn(C)c2)c(C#N)c1CC. The Morgan fingerprint density at radius 2 is 2.05 bits per heavy atom. The van der Waals surface area contributed by atoms with Gasteiger partial charge in [0.1, 0.15) is 11.6 Å². The Balaban J connectivity index is 2.37. The maximum Gasteiger partial charge on any atom is 0.169 e. The summed E-state index contributed by atoms with van der Waals surface area (Å²) in [4.78, 5) is 1.95. The second-order valence-corrected chi connectivity index (χ2v) is 5.02. The number of hydrogen-bond donors (Lipinski definition) is 0. The van der Waals surface area contributed by atoms with Gasteiger partial charge >= 0.3 is 0 Å². The Bertz CT molecular complexity index is 667. The quantitative estimate of drug-likeness (QED) is 0.838. The van der Waals surface area contributed by atoms with Crippen molar-refractivity contribution in [3.8, 4) is 6.07 Å². The van der Waals surface area contributed by atoms with E-state index in [-0.39, 0.29) is 0 Å². The van der Waals surface area contributed by atoms with Crippen LogP contribution in [0.4, 0.5) is 5.82 Å². The highest BCUT2D eigenvalue weighted by atomic mass is 15.3. The van der Waals surface area contributed by atoms with E-state index in [1.165, 1.54) is 0 Å². The molecule has 2 heterocycles. The second-order valence-electron chi connectivity index (χ2n) is 5.02. The zero-order valence-electron chi connectivity index (χ0n) is 13.0. The van der Waals surface area contributed by atoms with Crippen molar-refractivity contribution in [2.24, 2.45) is 7.05 Å². The predicted molar refractivity (Wildman–Crippen MR) is 80.8 cm³/mol. The summed E-state index contributed by atoms with van der Waals surface area (Å²) in [5.41, 5.74) is 3.62. The van der Waals surface area contributed by atoms with Crippen LogP contribution in [0.2, 0.25) is 0 Å². The third-order valence-electron chi connectivity index (χ3n) is 3.48. The van der Waals surface area contributed by atoms with Crippen LogP contribution in [0.25, 0.3) is 0 Å². The third kappa shape index (κ3) is 3.02. The summed E-state index contributed by atoms with van der Waals surface area (Å²) in [6, 6.07) is 2.30. The molecule has 0 bridgehead atoms. The molecule has 0 saturated carbocycles. The van der Waals surface area contributed by atoms with E-state index in [9.17, 15) is 5.26 Å². The first-order valence-corrected chi connectivity index (χ1v) is 7.07. The van der Waals surface area contributed by atoms with E-state index in [0.29, 0.717) is 17.9 Å². The molecule has 0 aromatic carbocycles. The van der Waals surface area contributed by atoms with E-state index in [0.717, 1.165) is 29.7 Å². The minimum Gasteiger partial charge on any atom is -0.353 e. The molecule has 0 radical (unpaired) electrons. The molecule has 0 fully saturated rings. The number of nitrogens with zero attached hydrogens (tertiary/aromatic N) is 6. The zero-order chi connectivity index (χ0) is 15.4. The minimum atomic E-state index is 0.635. The van der Waals surface area contributed by atoms with Crippen LogP contribution >= 0.6 is 0 Å². The van der Waals surface area contributed by atoms with Gasteiger partial charge in [-0.3, -0.25) is 4.68 Å². The molecule has 0 spiro atoms. The molecule has 0 aliphatic heterocycles. The molecule has 6 heteroatoms. The third-order valence-corrected chi connectivity index (χ3v) is 3.48. The molecule has 0 N–H and O–H groups in total. The zero-order valence-corrected chi connectivity index (χ0v) is 13.0. The van der Waals surface area contributed by atoms with E-state index in [1.54, 1.807) is 4.68 Å². The summed E-state index contributed by atoms with van der Waals surface area (Å²) >= 11 is 0. The lowest BCUT2D eigenvalue weighted by Crippen LogP contribution is -2.21. The van der Waals surface area contributed by atoms with Gasteiger partial charge in [-0.1, -0.05) is 13.8 Å². The molecular weight excluding hydrogens is 264 g/mol. The van der Waals surface area contributed by atoms with Crippen LogP contribution in [-0.2, 0) is 26.4 Å². The summed E-state index contributed by atoms with van der Waals surface area (Å²) in [5, 5.41) is 22.2. The molecule has 2 aromatic rings. The molecular formula is C15H20N6. The molecule has 0 unspecified atom stereocenters. The van der Waals surface area contributed by atoms with Crippen molar-refractivity contribution in [2.75, 3.05) is 11.9 Å². The standard InChI is InChI=1S/C15H20N6/c1-5-12-13(7-16)15(19-18-14(12)6-2)20(3)9-11-8-17-21(4)10-11/h8,10H,5-6,9H2,1-4H3. The molecule has 0 aliphatic carbocycles. The van der Waals surface area contributed by atoms with Gasteiger partial charge in [-0.2, -0.15) is 15.5 Å². The molecule has 2 rings (SSSR count). The van der Waals surface area contributed by atoms with Crippen molar-refractivity contribution >= 4 is 5.82 Å². The fraction of sp³-hybridized carbons (Fsp3) is 0.467.